The molecule has 0 amide bonds. The van der Waals surface area contributed by atoms with E-state index >= 15 is 0 Å². The van der Waals surface area contributed by atoms with Gasteiger partial charge in [0.15, 0.2) is 5.78 Å². The average Bonchev–Trinajstić information content (AvgIpc) is 2.61. The van der Waals surface area contributed by atoms with Crippen LogP contribution >= 0.6 is 0 Å². The highest BCUT2D eigenvalue weighted by Gasteiger charge is 2.13. The number of anilines is 1. The Kier molecular flexibility index (Phi) is 5.43. The fourth-order valence-electron chi connectivity index (χ4n) is 2.48. The highest BCUT2D eigenvalue weighted by molar-refractivity contribution is 5.95. The molecule has 2 aromatic carbocycles. The van der Waals surface area contributed by atoms with Gasteiger partial charge in [0.1, 0.15) is 17.6 Å². The molecule has 0 unspecified atom stereocenters. The molecule has 124 valence electrons. The van der Waals surface area contributed by atoms with Crippen LogP contribution in [0.5, 0.6) is 11.5 Å². The molecular formula is C19H20N2O3. The maximum absolute atomic E-state index is 11.6. The summed E-state index contributed by atoms with van der Waals surface area (Å²) in [5.74, 6) is 1.40. The number of carbonyl (C=O) groups excluding carboxylic acids is 1. The van der Waals surface area contributed by atoms with Gasteiger partial charge in [0, 0.05) is 30.8 Å². The van der Waals surface area contributed by atoms with E-state index in [9.17, 15) is 10.1 Å². The predicted molar refractivity (Wildman–Crippen MR) is 92.8 cm³/mol. The standard InChI is InChI=1S/C19H20N2O3/c1-13(22)14-5-6-15(11-20)18(9-14)21(2)12-16-7-8-17(23-3)10-19(16)24-4/h5-10H,12H2,1-4H3. The van der Waals surface area contributed by atoms with Gasteiger partial charge in [-0.25, -0.2) is 0 Å². The molecule has 0 heterocycles. The van der Waals surface area contributed by atoms with Gasteiger partial charge in [-0.05, 0) is 37.3 Å². The first-order chi connectivity index (χ1) is 11.5. The van der Waals surface area contributed by atoms with Gasteiger partial charge < -0.3 is 14.4 Å². The number of nitriles is 1. The molecule has 0 aliphatic rings. The molecule has 5 heteroatoms. The molecule has 0 aliphatic heterocycles. The summed E-state index contributed by atoms with van der Waals surface area (Å²) >= 11 is 0. The number of hydrogen-bond donors (Lipinski definition) is 0. The number of ketones is 1. The van der Waals surface area contributed by atoms with Crippen molar-refractivity contribution in [2.75, 3.05) is 26.2 Å². The van der Waals surface area contributed by atoms with E-state index in [0.717, 1.165) is 11.3 Å². The Morgan fingerprint density at radius 3 is 2.50 bits per heavy atom. The third kappa shape index (κ3) is 3.66. The largest absolute Gasteiger partial charge is 0.497 e. The Morgan fingerprint density at radius 2 is 1.92 bits per heavy atom. The molecule has 0 aromatic heterocycles. The molecule has 2 rings (SSSR count). The number of carbonyl (C=O) groups is 1. The predicted octanol–water partition coefficient (Wildman–Crippen LogP) is 3.41. The molecule has 0 saturated carbocycles. The van der Waals surface area contributed by atoms with Crippen molar-refractivity contribution in [2.24, 2.45) is 0 Å². The number of methoxy groups -OCH3 is 2. The SMILES string of the molecule is COc1ccc(CN(C)c2cc(C(C)=O)ccc2C#N)c(OC)c1. The molecule has 0 N–H and O–H groups in total. The van der Waals surface area contributed by atoms with E-state index in [4.69, 9.17) is 9.47 Å². The van der Waals surface area contributed by atoms with E-state index < -0.39 is 0 Å². The summed E-state index contributed by atoms with van der Waals surface area (Å²) in [5, 5.41) is 9.33. The van der Waals surface area contributed by atoms with Crippen LogP contribution in [-0.2, 0) is 6.54 Å². The number of Topliss-reactive ketones (excluding diaryl/α,β-unsaturated/α-hetero) is 1. The topological polar surface area (TPSA) is 62.6 Å². The summed E-state index contributed by atoms with van der Waals surface area (Å²) in [4.78, 5) is 13.5. The molecule has 0 saturated heterocycles. The van der Waals surface area contributed by atoms with Gasteiger partial charge in [0.2, 0.25) is 0 Å². The van der Waals surface area contributed by atoms with E-state index in [1.54, 1.807) is 32.4 Å². The fraction of sp³-hybridized carbons (Fsp3) is 0.263. The molecule has 0 bridgehead atoms. The Morgan fingerprint density at radius 1 is 1.17 bits per heavy atom. The van der Waals surface area contributed by atoms with Crippen molar-refractivity contribution in [1.82, 2.24) is 0 Å². The smallest absolute Gasteiger partial charge is 0.159 e. The monoisotopic (exact) mass is 324 g/mol. The lowest BCUT2D eigenvalue weighted by atomic mass is 10.1. The van der Waals surface area contributed by atoms with Gasteiger partial charge in [-0.3, -0.25) is 4.79 Å². The van der Waals surface area contributed by atoms with E-state index in [0.29, 0.717) is 29.1 Å². The van der Waals surface area contributed by atoms with Crippen LogP contribution in [0.1, 0.15) is 28.4 Å². The summed E-state index contributed by atoms with van der Waals surface area (Å²) in [7, 11) is 5.09. The number of nitrogens with zero attached hydrogens (tertiary/aromatic N) is 2. The van der Waals surface area contributed by atoms with Crippen molar-refractivity contribution in [2.45, 2.75) is 13.5 Å². The second kappa shape index (κ2) is 7.51. The molecule has 24 heavy (non-hydrogen) atoms. The summed E-state index contributed by atoms with van der Waals surface area (Å²) in [6, 6.07) is 12.9. The van der Waals surface area contributed by atoms with E-state index in [2.05, 4.69) is 6.07 Å². The first kappa shape index (κ1) is 17.4. The summed E-state index contributed by atoms with van der Waals surface area (Å²) in [6.07, 6.45) is 0. The Balaban J connectivity index is 2.36. The maximum atomic E-state index is 11.6. The van der Waals surface area contributed by atoms with Crippen LogP contribution in [0.3, 0.4) is 0 Å². The van der Waals surface area contributed by atoms with Gasteiger partial charge in [-0.15, -0.1) is 0 Å². The van der Waals surface area contributed by atoms with E-state index in [1.165, 1.54) is 6.92 Å². The van der Waals surface area contributed by atoms with Gasteiger partial charge >= 0.3 is 0 Å². The van der Waals surface area contributed by atoms with Crippen LogP contribution in [0.2, 0.25) is 0 Å². The molecule has 0 fully saturated rings. The summed E-state index contributed by atoms with van der Waals surface area (Å²) < 4.78 is 10.6. The van der Waals surface area contributed by atoms with E-state index in [-0.39, 0.29) is 5.78 Å². The first-order valence-electron chi connectivity index (χ1n) is 7.47. The van der Waals surface area contributed by atoms with Crippen molar-refractivity contribution in [3.05, 3.63) is 53.1 Å². The zero-order valence-corrected chi connectivity index (χ0v) is 14.3. The third-order valence-corrected chi connectivity index (χ3v) is 3.84. The van der Waals surface area contributed by atoms with Gasteiger partial charge in [-0.2, -0.15) is 5.26 Å². The second-order valence-electron chi connectivity index (χ2n) is 5.43. The van der Waals surface area contributed by atoms with Crippen LogP contribution < -0.4 is 14.4 Å². The zero-order valence-electron chi connectivity index (χ0n) is 14.3. The van der Waals surface area contributed by atoms with Crippen LogP contribution in [0, 0.1) is 11.3 Å². The van der Waals surface area contributed by atoms with Crippen LogP contribution in [0.4, 0.5) is 5.69 Å². The van der Waals surface area contributed by atoms with E-state index in [1.807, 2.05) is 30.1 Å². The third-order valence-electron chi connectivity index (χ3n) is 3.84. The van der Waals surface area contributed by atoms with Gasteiger partial charge in [0.05, 0.1) is 25.5 Å². The Hall–Kier alpha value is -3.00. The molecule has 2 aromatic rings. The van der Waals surface area contributed by atoms with Gasteiger partial charge in [0.25, 0.3) is 0 Å². The minimum Gasteiger partial charge on any atom is -0.497 e. The normalized spacial score (nSPS) is 9.96. The van der Waals surface area contributed by atoms with Gasteiger partial charge in [-0.1, -0.05) is 0 Å². The maximum Gasteiger partial charge on any atom is 0.159 e. The fourth-order valence-corrected chi connectivity index (χ4v) is 2.48. The molecular weight excluding hydrogens is 304 g/mol. The summed E-state index contributed by atoms with van der Waals surface area (Å²) in [6.45, 7) is 2.04. The number of ether oxygens (including phenoxy) is 2. The first-order valence-corrected chi connectivity index (χ1v) is 7.47. The highest BCUT2D eigenvalue weighted by atomic mass is 16.5. The molecule has 0 aliphatic carbocycles. The van der Waals surface area contributed by atoms with Crippen molar-refractivity contribution in [1.29, 1.82) is 5.26 Å². The lowest BCUT2D eigenvalue weighted by Crippen LogP contribution is -2.18. The molecule has 0 spiro atoms. The zero-order chi connectivity index (χ0) is 17.7. The molecule has 0 radical (unpaired) electrons. The average molecular weight is 324 g/mol. The lowest BCUT2D eigenvalue weighted by molar-refractivity contribution is 0.101. The minimum absolute atomic E-state index is 0.0313. The molecule has 5 nitrogen and oxygen atoms in total. The summed E-state index contributed by atoms with van der Waals surface area (Å²) in [5.41, 5.74) is 2.77. The number of benzene rings is 2. The Labute approximate surface area is 142 Å². The quantitative estimate of drug-likeness (QED) is 0.762. The van der Waals surface area contributed by atoms with Crippen LogP contribution in [0.25, 0.3) is 0 Å². The molecule has 0 atom stereocenters. The van der Waals surface area contributed by atoms with Crippen molar-refractivity contribution in [3.63, 3.8) is 0 Å². The highest BCUT2D eigenvalue weighted by Crippen LogP contribution is 2.28. The Bertz CT molecular complexity index is 794. The minimum atomic E-state index is -0.0313. The van der Waals surface area contributed by atoms with Crippen molar-refractivity contribution >= 4 is 11.5 Å². The second-order valence-corrected chi connectivity index (χ2v) is 5.43. The van der Waals surface area contributed by atoms with Crippen molar-refractivity contribution in [3.8, 4) is 17.6 Å². The number of rotatable bonds is 6. The number of hydrogen-bond acceptors (Lipinski definition) is 5. The van der Waals surface area contributed by atoms with Crippen LogP contribution in [0.15, 0.2) is 36.4 Å². The lowest BCUT2D eigenvalue weighted by Gasteiger charge is -2.22. The van der Waals surface area contributed by atoms with Crippen molar-refractivity contribution < 1.29 is 14.3 Å². The van der Waals surface area contributed by atoms with Crippen LogP contribution in [-0.4, -0.2) is 27.1 Å².